The fraction of sp³-hybridized carbons (Fsp3) is 0.429. The molecular formula is C35H40N6O7. The van der Waals surface area contributed by atoms with Gasteiger partial charge in [0.1, 0.15) is 22.8 Å². The summed E-state index contributed by atoms with van der Waals surface area (Å²) in [6.45, 7) is 12.5. The number of nitrogens with zero attached hydrogens (tertiary/aromatic N) is 5. The molecule has 1 aliphatic carbocycles. The predicted molar refractivity (Wildman–Crippen MR) is 178 cm³/mol. The molecule has 48 heavy (non-hydrogen) atoms. The summed E-state index contributed by atoms with van der Waals surface area (Å²) in [4.78, 5) is 51.1. The van der Waals surface area contributed by atoms with Crippen LogP contribution in [0.25, 0.3) is 10.9 Å². The number of nitrogens with one attached hydrogen (secondary N) is 1. The van der Waals surface area contributed by atoms with Gasteiger partial charge in [-0.3, -0.25) is 4.79 Å². The van der Waals surface area contributed by atoms with Gasteiger partial charge < -0.3 is 24.3 Å². The number of methoxy groups -OCH3 is 2. The Balaban J connectivity index is 1.44. The van der Waals surface area contributed by atoms with Gasteiger partial charge in [0, 0.05) is 17.7 Å². The Morgan fingerprint density at radius 3 is 2.31 bits per heavy atom. The van der Waals surface area contributed by atoms with Crippen LogP contribution in [0.15, 0.2) is 42.6 Å². The molecule has 3 heterocycles. The first kappa shape index (κ1) is 32.7. The number of amides is 2. The maximum Gasteiger partial charge on any atom is 0.435 e. The van der Waals surface area contributed by atoms with Crippen molar-refractivity contribution in [2.24, 2.45) is 0 Å². The second-order valence-electron chi connectivity index (χ2n) is 13.9. The van der Waals surface area contributed by atoms with E-state index in [0.29, 0.717) is 64.0 Å². The predicted octanol–water partition coefficient (Wildman–Crippen LogP) is 6.64. The van der Waals surface area contributed by atoms with E-state index in [1.807, 2.05) is 31.2 Å². The molecule has 0 unspecified atom stereocenters. The van der Waals surface area contributed by atoms with Gasteiger partial charge in [-0.1, -0.05) is 13.0 Å². The van der Waals surface area contributed by atoms with E-state index in [0.717, 1.165) is 10.5 Å². The minimum absolute atomic E-state index is 0.305. The molecule has 252 valence electrons. The summed E-state index contributed by atoms with van der Waals surface area (Å²) in [5.41, 5.74) is -0.181. The lowest BCUT2D eigenvalue weighted by molar-refractivity contribution is -0.120. The first-order chi connectivity index (χ1) is 22.6. The van der Waals surface area contributed by atoms with Crippen LogP contribution in [0.1, 0.15) is 77.8 Å². The summed E-state index contributed by atoms with van der Waals surface area (Å²) in [7, 11) is 3.07. The third-order valence-corrected chi connectivity index (χ3v) is 8.30. The number of rotatable bonds is 6. The zero-order chi connectivity index (χ0) is 34.8. The van der Waals surface area contributed by atoms with Crippen molar-refractivity contribution in [1.29, 1.82) is 0 Å². The molecule has 2 aromatic heterocycles. The van der Waals surface area contributed by atoms with Crippen molar-refractivity contribution in [3.8, 4) is 11.5 Å². The average Bonchev–Trinajstić information content (AvgIpc) is 3.60. The maximum absolute atomic E-state index is 14.2. The number of carbonyl (C=O) groups is 3. The number of anilines is 3. The third-order valence-electron chi connectivity index (χ3n) is 8.30. The van der Waals surface area contributed by atoms with Crippen LogP contribution in [0.4, 0.5) is 26.9 Å². The van der Waals surface area contributed by atoms with E-state index in [9.17, 15) is 14.4 Å². The Kier molecular flexibility index (Phi) is 7.84. The van der Waals surface area contributed by atoms with E-state index < -0.39 is 28.8 Å². The normalized spacial score (nSPS) is 18.6. The van der Waals surface area contributed by atoms with Gasteiger partial charge in [-0.15, -0.1) is 5.10 Å². The van der Waals surface area contributed by atoms with E-state index >= 15 is 0 Å². The summed E-state index contributed by atoms with van der Waals surface area (Å²) in [5, 5.41) is 8.45. The summed E-state index contributed by atoms with van der Waals surface area (Å²) in [5.74, 6) is 1.67. The van der Waals surface area contributed by atoms with E-state index in [1.54, 1.807) is 67.0 Å². The molecule has 4 aromatic rings. The average molecular weight is 657 g/mol. The zero-order valence-electron chi connectivity index (χ0n) is 28.6. The van der Waals surface area contributed by atoms with E-state index in [2.05, 4.69) is 20.4 Å². The Labute approximate surface area is 278 Å². The van der Waals surface area contributed by atoms with Crippen LogP contribution in [0.2, 0.25) is 0 Å². The van der Waals surface area contributed by atoms with Crippen LogP contribution in [0.5, 0.6) is 11.5 Å². The van der Waals surface area contributed by atoms with Crippen molar-refractivity contribution in [2.45, 2.75) is 83.8 Å². The van der Waals surface area contributed by atoms with Gasteiger partial charge in [0.25, 0.3) is 0 Å². The van der Waals surface area contributed by atoms with Crippen molar-refractivity contribution in [2.75, 3.05) is 24.4 Å². The quantitative estimate of drug-likeness (QED) is 0.238. The molecule has 0 radical (unpaired) electrons. The number of aromatic nitrogens is 4. The monoisotopic (exact) mass is 656 g/mol. The molecule has 1 N–H and O–H groups in total. The molecule has 2 amide bonds. The van der Waals surface area contributed by atoms with Crippen molar-refractivity contribution in [1.82, 2.24) is 19.7 Å². The summed E-state index contributed by atoms with van der Waals surface area (Å²) >= 11 is 0. The molecule has 0 saturated heterocycles. The maximum atomic E-state index is 14.2. The van der Waals surface area contributed by atoms with E-state index in [4.69, 9.17) is 18.9 Å². The third kappa shape index (κ3) is 5.67. The van der Waals surface area contributed by atoms with Gasteiger partial charge in [0.05, 0.1) is 37.0 Å². The van der Waals surface area contributed by atoms with Crippen LogP contribution in [-0.2, 0) is 26.1 Å². The Morgan fingerprint density at radius 2 is 1.67 bits per heavy atom. The van der Waals surface area contributed by atoms with Gasteiger partial charge in [-0.25, -0.2) is 24.5 Å². The van der Waals surface area contributed by atoms with Crippen LogP contribution < -0.4 is 19.7 Å². The standard InChI is InChI=1S/C35H40N6O7/c1-10-27-36-18-26(46-9)29(37-27)38-28-21-13-11-19(15-25(21)41(39-28)32(44)48-34(5,6)7)23-17-35(23)22-16-20(45-8)12-14-24(22)40(30(35)42)31(43)47-33(2,3)4/h11-16,18,23H,10,17H2,1-9H3,(H,36,37,38,39)/t23-,35-/m0/s1. The molecule has 2 aliphatic rings. The highest BCUT2D eigenvalue weighted by Crippen LogP contribution is 2.67. The van der Waals surface area contributed by atoms with Crippen LogP contribution in [0.3, 0.4) is 0 Å². The second-order valence-corrected chi connectivity index (χ2v) is 13.9. The molecule has 2 aromatic carbocycles. The van der Waals surface area contributed by atoms with Crippen LogP contribution >= 0.6 is 0 Å². The van der Waals surface area contributed by atoms with Crippen LogP contribution in [-0.4, -0.2) is 63.3 Å². The first-order valence-electron chi connectivity index (χ1n) is 15.8. The smallest absolute Gasteiger partial charge is 0.435 e. The minimum Gasteiger partial charge on any atom is -0.497 e. The van der Waals surface area contributed by atoms with Gasteiger partial charge >= 0.3 is 12.2 Å². The summed E-state index contributed by atoms with van der Waals surface area (Å²) < 4.78 is 23.5. The van der Waals surface area contributed by atoms with Gasteiger partial charge in [0.15, 0.2) is 17.4 Å². The number of imide groups is 1. The number of hydrogen-bond donors (Lipinski definition) is 1. The van der Waals surface area contributed by atoms with Crippen molar-refractivity contribution in [3.05, 3.63) is 59.5 Å². The topological polar surface area (TPSA) is 147 Å². The SMILES string of the molecule is CCc1ncc(OC)c(Nc2nn(C(=O)OC(C)(C)C)c3cc([C@@H]4C[C@@]45C(=O)N(C(=O)OC(C)(C)C)c4ccc(OC)cc45)ccc23)n1. The first-order valence-corrected chi connectivity index (χ1v) is 15.8. The molecule has 1 fully saturated rings. The molecule has 1 spiro atoms. The van der Waals surface area contributed by atoms with Crippen LogP contribution in [0, 0.1) is 0 Å². The zero-order valence-corrected chi connectivity index (χ0v) is 28.6. The highest BCUT2D eigenvalue weighted by atomic mass is 16.6. The Morgan fingerprint density at radius 1 is 0.958 bits per heavy atom. The molecule has 2 atom stereocenters. The Hall–Kier alpha value is -5.20. The number of hydrogen-bond acceptors (Lipinski definition) is 11. The minimum atomic E-state index is -1.02. The number of carbonyl (C=O) groups excluding carboxylic acids is 3. The van der Waals surface area contributed by atoms with Gasteiger partial charge in [-0.2, -0.15) is 4.68 Å². The van der Waals surface area contributed by atoms with E-state index in [1.165, 1.54) is 11.8 Å². The lowest BCUT2D eigenvalue weighted by Gasteiger charge is -2.24. The number of fused-ring (bicyclic) bond motifs is 3. The molecular weight excluding hydrogens is 616 g/mol. The molecule has 13 nitrogen and oxygen atoms in total. The van der Waals surface area contributed by atoms with E-state index in [-0.39, 0.29) is 11.8 Å². The van der Waals surface area contributed by atoms with Crippen molar-refractivity contribution >= 4 is 46.3 Å². The lowest BCUT2D eigenvalue weighted by atomic mass is 9.91. The molecule has 1 aliphatic heterocycles. The van der Waals surface area contributed by atoms with Crippen molar-refractivity contribution < 1.29 is 33.3 Å². The largest absolute Gasteiger partial charge is 0.497 e. The highest BCUT2D eigenvalue weighted by molar-refractivity contribution is 6.23. The number of aryl methyl sites for hydroxylation is 1. The molecule has 1 saturated carbocycles. The molecule has 0 bridgehead atoms. The second kappa shape index (κ2) is 11.5. The Bertz CT molecular complexity index is 1960. The number of ether oxygens (including phenoxy) is 4. The summed E-state index contributed by atoms with van der Waals surface area (Å²) in [6.07, 6.45) is 1.23. The summed E-state index contributed by atoms with van der Waals surface area (Å²) in [6, 6.07) is 10.8. The highest BCUT2D eigenvalue weighted by Gasteiger charge is 2.68. The van der Waals surface area contributed by atoms with Gasteiger partial charge in [0.2, 0.25) is 5.91 Å². The molecule has 13 heteroatoms. The fourth-order valence-electron chi connectivity index (χ4n) is 6.12. The lowest BCUT2D eigenvalue weighted by Crippen LogP contribution is -2.41. The fourth-order valence-corrected chi connectivity index (χ4v) is 6.12. The number of benzene rings is 2. The van der Waals surface area contributed by atoms with Gasteiger partial charge in [-0.05, 0) is 89.4 Å². The molecule has 6 rings (SSSR count). The van der Waals surface area contributed by atoms with Crippen molar-refractivity contribution in [3.63, 3.8) is 0 Å².